The quantitative estimate of drug-likeness (QED) is 0.222. The molecule has 0 atom stereocenters. The highest BCUT2D eigenvalue weighted by Crippen LogP contribution is 2.42. The van der Waals surface area contributed by atoms with Crippen LogP contribution in [0.1, 0.15) is 11.3 Å². The summed E-state index contributed by atoms with van der Waals surface area (Å²) in [6.07, 6.45) is -3.96. The van der Waals surface area contributed by atoms with Crippen molar-refractivity contribution in [2.75, 3.05) is 0 Å². The number of hydrogen-bond acceptors (Lipinski definition) is 7. The Morgan fingerprint density at radius 2 is 1.93 bits per heavy atom. The summed E-state index contributed by atoms with van der Waals surface area (Å²) in [6.45, 7) is 1.23. The molecule has 28 heavy (non-hydrogen) atoms. The molecule has 0 spiro atoms. The number of rotatable bonds is 3. The third-order valence-corrected chi connectivity index (χ3v) is 4.72. The molecule has 1 aromatic carbocycles. The van der Waals surface area contributed by atoms with E-state index in [0.29, 0.717) is 6.07 Å². The van der Waals surface area contributed by atoms with Crippen molar-refractivity contribution in [1.82, 2.24) is 4.98 Å². The Morgan fingerprint density at radius 1 is 1.25 bits per heavy atom. The lowest BCUT2D eigenvalue weighted by atomic mass is 10.1. The summed E-state index contributed by atoms with van der Waals surface area (Å²) in [5, 5.41) is 43.1. The van der Waals surface area contributed by atoms with Crippen LogP contribution >= 0.6 is 11.3 Å². The van der Waals surface area contributed by atoms with E-state index in [4.69, 9.17) is 0 Å². The Balaban J connectivity index is 2.15. The summed E-state index contributed by atoms with van der Waals surface area (Å²) in [5.41, 5.74) is -2.37. The van der Waals surface area contributed by atoms with E-state index < -0.39 is 39.4 Å². The fourth-order valence-electron chi connectivity index (χ4n) is 2.47. The first-order valence-corrected chi connectivity index (χ1v) is 8.34. The van der Waals surface area contributed by atoms with Crippen LogP contribution in [0, 0.1) is 22.2 Å². The Hall–Kier alpha value is -3.41. The Morgan fingerprint density at radius 3 is 2.54 bits per heavy atom. The molecule has 3 rings (SSSR count). The zero-order valence-corrected chi connectivity index (χ0v) is 14.7. The highest BCUT2D eigenvalue weighted by atomic mass is 32.1. The summed E-state index contributed by atoms with van der Waals surface area (Å²) in [5.74, 6) is -1.71. The zero-order chi connectivity index (χ0) is 20.8. The molecule has 2 aromatic heterocycles. The van der Waals surface area contributed by atoms with Crippen molar-refractivity contribution in [1.29, 1.82) is 0 Å². The van der Waals surface area contributed by atoms with Gasteiger partial charge in [0, 0.05) is 30.0 Å². The van der Waals surface area contributed by atoms with Crippen molar-refractivity contribution in [3.05, 3.63) is 56.4 Å². The van der Waals surface area contributed by atoms with Crippen LogP contribution in [0.3, 0.4) is 0 Å². The molecule has 3 aromatic rings. The smallest absolute Gasteiger partial charge is 0.417 e. The molecule has 0 bridgehead atoms. The maximum Gasteiger partial charge on any atom is 0.417 e. The second-order valence-corrected chi connectivity index (χ2v) is 6.58. The van der Waals surface area contributed by atoms with Crippen LogP contribution in [0.4, 0.5) is 18.9 Å². The molecule has 0 radical (unpaired) electrons. The number of nitro benzene ring substituents is 1. The molecule has 0 aliphatic rings. The van der Waals surface area contributed by atoms with Gasteiger partial charge in [-0.25, -0.2) is 4.98 Å². The third kappa shape index (κ3) is 3.41. The first-order valence-electron chi connectivity index (χ1n) is 7.46. The number of benzene rings is 1. The molecular weight excluding hydrogens is 403 g/mol. The number of pyridine rings is 1. The van der Waals surface area contributed by atoms with E-state index in [9.17, 15) is 38.7 Å². The van der Waals surface area contributed by atoms with Gasteiger partial charge in [0.1, 0.15) is 5.01 Å². The number of phenols is 2. The van der Waals surface area contributed by atoms with E-state index in [1.54, 1.807) is 0 Å². The maximum absolute atomic E-state index is 13.3. The summed E-state index contributed by atoms with van der Waals surface area (Å²) in [6, 6.07) is 2.64. The highest BCUT2D eigenvalue weighted by Gasteiger charge is 2.37. The molecule has 8 nitrogen and oxygen atoms in total. The van der Waals surface area contributed by atoms with Crippen molar-refractivity contribution in [2.45, 2.75) is 13.1 Å². The number of nitro groups is 1. The van der Waals surface area contributed by atoms with Gasteiger partial charge < -0.3 is 15.4 Å². The molecule has 0 fully saturated rings. The van der Waals surface area contributed by atoms with Crippen LogP contribution in [-0.4, -0.2) is 20.1 Å². The number of thiazole rings is 1. The van der Waals surface area contributed by atoms with E-state index in [2.05, 4.69) is 4.98 Å². The second kappa shape index (κ2) is 6.64. The van der Waals surface area contributed by atoms with Gasteiger partial charge in [-0.05, 0) is 6.07 Å². The van der Waals surface area contributed by atoms with Gasteiger partial charge in [0.25, 0.3) is 0 Å². The van der Waals surface area contributed by atoms with Gasteiger partial charge in [0.05, 0.1) is 21.7 Å². The number of nitrogens with zero attached hydrogens (tertiary/aromatic N) is 3. The molecule has 2 N–H and O–H groups in total. The standard InChI is InChI=1S/C16H10F3N3O5S/c1-7-2-10(16(17,18)19)9(5-21(7)25)15-20-11(6-28-15)8-3-12(22(26)27)14(24)13(23)4-8/h2-6,23-24H,1H3. The molecule has 0 unspecified atom stereocenters. The maximum atomic E-state index is 13.3. The average molecular weight is 413 g/mol. The number of aryl methyl sites for hydroxylation is 1. The normalized spacial score (nSPS) is 11.6. The highest BCUT2D eigenvalue weighted by molar-refractivity contribution is 7.13. The van der Waals surface area contributed by atoms with Crippen LogP contribution < -0.4 is 4.73 Å². The number of hydrogen-bond donors (Lipinski definition) is 2. The number of aromatic nitrogens is 2. The van der Waals surface area contributed by atoms with Crippen molar-refractivity contribution < 1.29 is 33.0 Å². The lowest BCUT2D eigenvalue weighted by Gasteiger charge is -2.12. The van der Waals surface area contributed by atoms with Gasteiger partial charge in [-0.3, -0.25) is 10.1 Å². The van der Waals surface area contributed by atoms with E-state index in [1.165, 1.54) is 12.3 Å². The van der Waals surface area contributed by atoms with Gasteiger partial charge in [-0.15, -0.1) is 11.3 Å². The lowest BCUT2D eigenvalue weighted by molar-refractivity contribution is -0.611. The van der Waals surface area contributed by atoms with Crippen LogP contribution in [0.25, 0.3) is 21.8 Å². The van der Waals surface area contributed by atoms with E-state index in [1.807, 2.05) is 0 Å². The van der Waals surface area contributed by atoms with Gasteiger partial charge in [-0.2, -0.15) is 17.9 Å². The van der Waals surface area contributed by atoms with Gasteiger partial charge in [0.2, 0.25) is 5.75 Å². The molecular formula is C16H10F3N3O5S. The number of aromatic hydroxyl groups is 2. The topological polar surface area (TPSA) is 123 Å². The Kier molecular flexibility index (Phi) is 4.59. The van der Waals surface area contributed by atoms with Crippen molar-refractivity contribution in [3.8, 4) is 33.3 Å². The lowest BCUT2D eigenvalue weighted by Crippen LogP contribution is -2.31. The predicted molar refractivity (Wildman–Crippen MR) is 91.7 cm³/mol. The summed E-state index contributed by atoms with van der Waals surface area (Å²) in [4.78, 5) is 14.1. The molecule has 0 saturated heterocycles. The van der Waals surface area contributed by atoms with Gasteiger partial charge >= 0.3 is 11.9 Å². The third-order valence-electron chi connectivity index (χ3n) is 3.84. The fourth-order valence-corrected chi connectivity index (χ4v) is 3.32. The van der Waals surface area contributed by atoms with Crippen LogP contribution in [0.5, 0.6) is 11.5 Å². The monoisotopic (exact) mass is 413 g/mol. The Labute approximate surface area is 158 Å². The first kappa shape index (κ1) is 19.4. The minimum Gasteiger partial charge on any atom is -0.618 e. The second-order valence-electron chi connectivity index (χ2n) is 5.72. The molecule has 146 valence electrons. The molecule has 0 aliphatic carbocycles. The molecule has 12 heteroatoms. The van der Waals surface area contributed by atoms with E-state index >= 15 is 0 Å². The largest absolute Gasteiger partial charge is 0.618 e. The molecule has 0 saturated carbocycles. The number of halogens is 3. The SMILES string of the molecule is Cc1cc(C(F)(F)F)c(-c2nc(-c3cc(O)c(O)c([N+](=O)[O-])c3)cs2)c[n+]1[O-]. The summed E-state index contributed by atoms with van der Waals surface area (Å²) >= 11 is 0.789. The van der Waals surface area contributed by atoms with E-state index in [-0.39, 0.29) is 26.7 Å². The van der Waals surface area contributed by atoms with Crippen LogP contribution in [-0.2, 0) is 6.18 Å². The molecule has 0 amide bonds. The molecule has 2 heterocycles. The zero-order valence-electron chi connectivity index (χ0n) is 13.9. The minimum atomic E-state index is -4.73. The minimum absolute atomic E-state index is 0.0140. The summed E-state index contributed by atoms with van der Waals surface area (Å²) in [7, 11) is 0. The fraction of sp³-hybridized carbons (Fsp3) is 0.125. The summed E-state index contributed by atoms with van der Waals surface area (Å²) < 4.78 is 40.3. The Bertz CT molecular complexity index is 1100. The number of alkyl halides is 3. The average Bonchev–Trinajstić information content (AvgIpc) is 3.08. The predicted octanol–water partition coefficient (Wildman–Crippen LogP) is 3.76. The number of phenolic OH excluding ortho intramolecular Hbond substituents is 2. The molecule has 0 aliphatic heterocycles. The van der Waals surface area contributed by atoms with Crippen molar-refractivity contribution in [3.63, 3.8) is 0 Å². The first-order chi connectivity index (χ1) is 13.0. The van der Waals surface area contributed by atoms with Gasteiger partial charge in [0.15, 0.2) is 17.6 Å². The van der Waals surface area contributed by atoms with Crippen molar-refractivity contribution >= 4 is 17.0 Å². The van der Waals surface area contributed by atoms with Crippen LogP contribution in [0.2, 0.25) is 0 Å². The van der Waals surface area contributed by atoms with Crippen LogP contribution in [0.15, 0.2) is 29.8 Å². The van der Waals surface area contributed by atoms with Gasteiger partial charge in [-0.1, -0.05) is 0 Å². The van der Waals surface area contributed by atoms with Crippen molar-refractivity contribution in [2.24, 2.45) is 0 Å². The van der Waals surface area contributed by atoms with E-state index in [0.717, 1.165) is 29.7 Å².